The molecule has 1 aromatic carbocycles. The highest BCUT2D eigenvalue weighted by atomic mass is 16.2. The molecule has 3 N–H and O–H groups in total. The molecule has 5 rings (SSSR count). The van der Waals surface area contributed by atoms with Crippen LogP contribution in [-0.4, -0.2) is 53.2 Å². The molecule has 7 heteroatoms. The molecule has 0 aromatic heterocycles. The molecule has 4 unspecified atom stereocenters. The summed E-state index contributed by atoms with van der Waals surface area (Å²) in [6, 6.07) is 5.45. The highest BCUT2D eigenvalue weighted by Gasteiger charge is 2.46. The molecule has 3 aliphatic heterocycles. The summed E-state index contributed by atoms with van der Waals surface area (Å²) in [5.41, 5.74) is 8.64. The van der Waals surface area contributed by atoms with Gasteiger partial charge in [-0.3, -0.25) is 24.6 Å². The van der Waals surface area contributed by atoms with Gasteiger partial charge in [-0.1, -0.05) is 18.2 Å². The van der Waals surface area contributed by atoms with Gasteiger partial charge in [-0.05, 0) is 48.3 Å². The molecular weight excluding hydrogens is 356 g/mol. The number of nitrogens with zero attached hydrogens (tertiary/aromatic N) is 2. The average Bonchev–Trinajstić information content (AvgIpc) is 3.15. The largest absolute Gasteiger partial charge is 0.330 e. The molecular formula is C21H26N4O3. The monoisotopic (exact) mass is 382 g/mol. The maximum atomic E-state index is 13.2. The highest BCUT2D eigenvalue weighted by molar-refractivity contribution is 6.05. The minimum Gasteiger partial charge on any atom is -0.330 e. The van der Waals surface area contributed by atoms with Crippen molar-refractivity contribution < 1.29 is 14.4 Å². The minimum atomic E-state index is -0.557. The van der Waals surface area contributed by atoms with Crippen LogP contribution in [0.25, 0.3) is 0 Å². The Morgan fingerprint density at radius 3 is 2.82 bits per heavy atom. The summed E-state index contributed by atoms with van der Waals surface area (Å²) in [5.74, 6) is 1.41. The van der Waals surface area contributed by atoms with Gasteiger partial charge in [0.1, 0.15) is 6.04 Å². The quantitative estimate of drug-likeness (QED) is 0.739. The maximum absolute atomic E-state index is 13.2. The number of hydrogen-bond acceptors (Lipinski definition) is 5. The molecule has 0 spiro atoms. The maximum Gasteiger partial charge on any atom is 0.255 e. The Morgan fingerprint density at radius 2 is 2.04 bits per heavy atom. The summed E-state index contributed by atoms with van der Waals surface area (Å²) in [5, 5.41) is 2.36. The first kappa shape index (κ1) is 17.8. The molecule has 4 aliphatic rings. The number of likely N-dealkylation sites (tertiary alicyclic amines) is 1. The molecule has 3 fully saturated rings. The van der Waals surface area contributed by atoms with E-state index in [2.05, 4.69) is 10.2 Å². The molecule has 7 nitrogen and oxygen atoms in total. The fourth-order valence-corrected chi connectivity index (χ4v) is 5.60. The predicted molar refractivity (Wildman–Crippen MR) is 102 cm³/mol. The van der Waals surface area contributed by atoms with Crippen LogP contribution in [0, 0.1) is 17.8 Å². The standard InChI is InChI=1S/C21H26N4O3/c22-7-14-6-15-9-24(11-16(14)15)8-12-2-1-3-13-10-25(21(28)19(12)13)17-4-5-18(26)23-20(17)27/h1-3,14-17H,4-11,22H2,(H,23,26,27). The lowest BCUT2D eigenvalue weighted by Crippen LogP contribution is -2.52. The number of rotatable bonds is 4. The number of amides is 3. The van der Waals surface area contributed by atoms with Crippen molar-refractivity contribution in [3.05, 3.63) is 34.9 Å². The van der Waals surface area contributed by atoms with Gasteiger partial charge in [0.05, 0.1) is 0 Å². The van der Waals surface area contributed by atoms with Gasteiger partial charge in [0.25, 0.3) is 5.91 Å². The fourth-order valence-electron chi connectivity index (χ4n) is 5.60. The van der Waals surface area contributed by atoms with Gasteiger partial charge in [0.15, 0.2) is 0 Å². The van der Waals surface area contributed by atoms with Gasteiger partial charge >= 0.3 is 0 Å². The zero-order valence-corrected chi connectivity index (χ0v) is 15.9. The van der Waals surface area contributed by atoms with E-state index in [1.165, 1.54) is 6.42 Å². The molecule has 4 atom stereocenters. The van der Waals surface area contributed by atoms with Crippen LogP contribution in [0.4, 0.5) is 0 Å². The first-order valence-corrected chi connectivity index (χ1v) is 10.2. The van der Waals surface area contributed by atoms with Crippen molar-refractivity contribution in [2.24, 2.45) is 23.5 Å². The molecule has 1 aliphatic carbocycles. The normalized spacial score (nSPS) is 32.2. The van der Waals surface area contributed by atoms with Crippen LogP contribution in [0.3, 0.4) is 0 Å². The lowest BCUT2D eigenvalue weighted by Gasteiger charge is -2.38. The number of nitrogens with two attached hydrogens (primary N) is 1. The number of piperidine rings is 1. The number of carbonyl (C=O) groups is 3. The van der Waals surface area contributed by atoms with Crippen LogP contribution in [0.15, 0.2) is 18.2 Å². The molecule has 1 aromatic rings. The molecule has 148 valence electrons. The third-order valence-corrected chi connectivity index (χ3v) is 7.11. The van der Waals surface area contributed by atoms with E-state index in [9.17, 15) is 14.4 Å². The van der Waals surface area contributed by atoms with Crippen LogP contribution in [-0.2, 0) is 22.7 Å². The Labute approximate surface area is 164 Å². The molecule has 3 heterocycles. The van der Waals surface area contributed by atoms with Gasteiger partial charge < -0.3 is 10.6 Å². The van der Waals surface area contributed by atoms with Crippen molar-refractivity contribution in [2.75, 3.05) is 19.6 Å². The van der Waals surface area contributed by atoms with Crippen LogP contribution >= 0.6 is 0 Å². The zero-order valence-electron chi connectivity index (χ0n) is 15.9. The lowest BCUT2D eigenvalue weighted by atomic mass is 9.67. The predicted octanol–water partition coefficient (Wildman–Crippen LogP) is 0.474. The van der Waals surface area contributed by atoms with E-state index in [4.69, 9.17) is 5.73 Å². The van der Waals surface area contributed by atoms with Gasteiger partial charge in [-0.25, -0.2) is 0 Å². The van der Waals surface area contributed by atoms with Crippen LogP contribution in [0.1, 0.15) is 40.7 Å². The number of imide groups is 1. The van der Waals surface area contributed by atoms with Crippen LogP contribution < -0.4 is 11.1 Å². The Kier molecular flexibility index (Phi) is 4.25. The SMILES string of the molecule is NCC1CC2CN(Cc3cccc4c3C(=O)N(C3CCC(=O)NC3=O)C4)CC12. The Bertz CT molecular complexity index is 854. The molecule has 1 saturated carbocycles. The van der Waals surface area contributed by atoms with Crippen molar-refractivity contribution in [1.82, 2.24) is 15.1 Å². The minimum absolute atomic E-state index is 0.0814. The smallest absolute Gasteiger partial charge is 0.255 e. The van der Waals surface area contributed by atoms with E-state index < -0.39 is 6.04 Å². The average molecular weight is 382 g/mol. The third-order valence-electron chi connectivity index (χ3n) is 7.11. The second-order valence-electron chi connectivity index (χ2n) is 8.70. The Hall–Kier alpha value is -2.25. The first-order chi connectivity index (χ1) is 13.5. The zero-order chi connectivity index (χ0) is 19.4. The van der Waals surface area contributed by atoms with E-state index in [0.29, 0.717) is 24.8 Å². The molecule has 0 radical (unpaired) electrons. The van der Waals surface area contributed by atoms with Gasteiger partial charge in [0, 0.05) is 38.2 Å². The Morgan fingerprint density at radius 1 is 1.18 bits per heavy atom. The van der Waals surface area contributed by atoms with Crippen molar-refractivity contribution in [3.63, 3.8) is 0 Å². The van der Waals surface area contributed by atoms with E-state index >= 15 is 0 Å². The van der Waals surface area contributed by atoms with Gasteiger partial charge in [-0.15, -0.1) is 0 Å². The molecule has 0 bridgehead atoms. The summed E-state index contributed by atoms with van der Waals surface area (Å²) in [6.07, 6.45) is 1.91. The van der Waals surface area contributed by atoms with Crippen molar-refractivity contribution >= 4 is 17.7 Å². The van der Waals surface area contributed by atoms with Crippen LogP contribution in [0.5, 0.6) is 0 Å². The summed E-state index contributed by atoms with van der Waals surface area (Å²) in [6.45, 7) is 4.11. The first-order valence-electron chi connectivity index (χ1n) is 10.2. The van der Waals surface area contributed by atoms with E-state index in [0.717, 1.165) is 48.8 Å². The Balaban J connectivity index is 1.33. The van der Waals surface area contributed by atoms with E-state index in [1.54, 1.807) is 4.90 Å². The van der Waals surface area contributed by atoms with Crippen molar-refractivity contribution in [1.29, 1.82) is 0 Å². The number of nitrogens with one attached hydrogen (secondary N) is 1. The number of fused-ring (bicyclic) bond motifs is 2. The highest BCUT2D eigenvalue weighted by Crippen LogP contribution is 2.45. The molecule has 2 saturated heterocycles. The number of carbonyl (C=O) groups excluding carboxylic acids is 3. The second kappa shape index (κ2) is 6.67. The summed E-state index contributed by atoms with van der Waals surface area (Å²) >= 11 is 0. The van der Waals surface area contributed by atoms with E-state index in [-0.39, 0.29) is 24.1 Å². The number of benzene rings is 1. The van der Waals surface area contributed by atoms with Crippen molar-refractivity contribution in [2.45, 2.75) is 38.4 Å². The fraction of sp³-hybridized carbons (Fsp3) is 0.571. The summed E-state index contributed by atoms with van der Waals surface area (Å²) in [7, 11) is 0. The summed E-state index contributed by atoms with van der Waals surface area (Å²) in [4.78, 5) is 40.9. The van der Waals surface area contributed by atoms with Crippen molar-refractivity contribution in [3.8, 4) is 0 Å². The third kappa shape index (κ3) is 2.76. The van der Waals surface area contributed by atoms with Crippen LogP contribution in [0.2, 0.25) is 0 Å². The number of hydrogen-bond donors (Lipinski definition) is 2. The second-order valence-corrected chi connectivity index (χ2v) is 8.70. The van der Waals surface area contributed by atoms with E-state index in [1.807, 2.05) is 18.2 Å². The van der Waals surface area contributed by atoms with Gasteiger partial charge in [-0.2, -0.15) is 0 Å². The molecule has 28 heavy (non-hydrogen) atoms. The van der Waals surface area contributed by atoms with Gasteiger partial charge in [0.2, 0.25) is 11.8 Å². The topological polar surface area (TPSA) is 95.7 Å². The molecule has 3 amide bonds. The lowest BCUT2D eigenvalue weighted by molar-refractivity contribution is -0.136. The summed E-state index contributed by atoms with van der Waals surface area (Å²) < 4.78 is 0.